The molecule has 0 radical (unpaired) electrons. The molecular formula is C11H25IN4O. The lowest BCUT2D eigenvalue weighted by atomic mass is 10.3. The molecule has 1 aliphatic rings. The van der Waals surface area contributed by atoms with Crippen molar-refractivity contribution >= 4 is 29.9 Å². The Hall–Kier alpha value is -0.0800. The first-order valence-corrected chi connectivity index (χ1v) is 6.06. The van der Waals surface area contributed by atoms with Crippen LogP contribution >= 0.6 is 24.0 Å². The highest BCUT2D eigenvalue weighted by Crippen LogP contribution is 2.02. The molecular weight excluding hydrogens is 331 g/mol. The zero-order valence-electron chi connectivity index (χ0n) is 10.8. The van der Waals surface area contributed by atoms with Crippen LogP contribution in [0.3, 0.4) is 0 Å². The van der Waals surface area contributed by atoms with Crippen LogP contribution in [0.15, 0.2) is 4.99 Å². The molecule has 0 aromatic rings. The van der Waals surface area contributed by atoms with Gasteiger partial charge < -0.3 is 20.7 Å². The Morgan fingerprint density at radius 3 is 3.00 bits per heavy atom. The number of likely N-dealkylation sites (N-methyl/N-ethyl adjacent to an activating group) is 1. The summed E-state index contributed by atoms with van der Waals surface area (Å²) in [5.74, 6) is 0.533. The Labute approximate surface area is 121 Å². The second-order valence-corrected chi connectivity index (χ2v) is 4.26. The molecule has 1 atom stereocenters. The Morgan fingerprint density at radius 2 is 2.35 bits per heavy atom. The summed E-state index contributed by atoms with van der Waals surface area (Å²) >= 11 is 0. The van der Waals surface area contributed by atoms with Crippen LogP contribution in [-0.4, -0.2) is 56.8 Å². The number of rotatable bonds is 5. The van der Waals surface area contributed by atoms with Crippen molar-refractivity contribution in [2.75, 3.05) is 39.8 Å². The van der Waals surface area contributed by atoms with Crippen molar-refractivity contribution in [1.82, 2.24) is 10.2 Å². The maximum atomic E-state index is 5.74. The molecule has 0 bridgehead atoms. The van der Waals surface area contributed by atoms with Gasteiger partial charge in [-0.05, 0) is 13.5 Å². The summed E-state index contributed by atoms with van der Waals surface area (Å²) in [5.41, 5.74) is 5.74. The van der Waals surface area contributed by atoms with Gasteiger partial charge >= 0.3 is 0 Å². The van der Waals surface area contributed by atoms with Crippen LogP contribution in [0.25, 0.3) is 0 Å². The van der Waals surface area contributed by atoms with E-state index >= 15 is 0 Å². The summed E-state index contributed by atoms with van der Waals surface area (Å²) in [4.78, 5) is 6.54. The molecule has 17 heavy (non-hydrogen) atoms. The summed E-state index contributed by atoms with van der Waals surface area (Å²) in [6, 6.07) is 0. The van der Waals surface area contributed by atoms with E-state index in [1.807, 2.05) is 0 Å². The van der Waals surface area contributed by atoms with E-state index in [4.69, 9.17) is 10.5 Å². The fraction of sp³-hybridized carbons (Fsp3) is 0.909. The van der Waals surface area contributed by atoms with Crippen LogP contribution in [0.4, 0.5) is 0 Å². The zero-order chi connectivity index (χ0) is 11.8. The topological polar surface area (TPSA) is 62.9 Å². The predicted molar refractivity (Wildman–Crippen MR) is 82.1 cm³/mol. The summed E-state index contributed by atoms with van der Waals surface area (Å²) in [7, 11) is 2.10. The van der Waals surface area contributed by atoms with Gasteiger partial charge in [-0.15, -0.1) is 24.0 Å². The Balaban J connectivity index is 0.00000256. The first-order chi connectivity index (χ1) is 7.72. The number of nitrogens with zero attached hydrogens (tertiary/aromatic N) is 2. The lowest BCUT2D eigenvalue weighted by Gasteiger charge is -2.29. The van der Waals surface area contributed by atoms with Gasteiger partial charge in [0.25, 0.3) is 0 Å². The lowest BCUT2D eigenvalue weighted by molar-refractivity contribution is -0.0136. The molecule has 6 heteroatoms. The first kappa shape index (κ1) is 16.9. The van der Waals surface area contributed by atoms with E-state index in [2.05, 4.69) is 29.2 Å². The van der Waals surface area contributed by atoms with Crippen molar-refractivity contribution in [2.45, 2.75) is 25.9 Å². The van der Waals surface area contributed by atoms with Gasteiger partial charge in [0.15, 0.2) is 5.96 Å². The largest absolute Gasteiger partial charge is 0.374 e. The second-order valence-electron chi connectivity index (χ2n) is 4.26. The van der Waals surface area contributed by atoms with Crippen LogP contribution < -0.4 is 11.1 Å². The average molecular weight is 356 g/mol. The maximum Gasteiger partial charge on any atom is 0.188 e. The Morgan fingerprint density at radius 1 is 1.59 bits per heavy atom. The van der Waals surface area contributed by atoms with E-state index in [1.165, 1.54) is 0 Å². The quantitative estimate of drug-likeness (QED) is 0.329. The van der Waals surface area contributed by atoms with Gasteiger partial charge in [-0.1, -0.05) is 13.3 Å². The van der Waals surface area contributed by atoms with E-state index < -0.39 is 0 Å². The molecule has 102 valence electrons. The third-order valence-corrected chi connectivity index (χ3v) is 2.64. The summed E-state index contributed by atoms with van der Waals surface area (Å²) in [5, 5.41) is 3.09. The molecule has 0 aliphatic carbocycles. The molecule has 1 heterocycles. The number of morpholine rings is 1. The minimum Gasteiger partial charge on any atom is -0.374 e. The number of halogens is 1. The average Bonchev–Trinajstić information content (AvgIpc) is 2.27. The summed E-state index contributed by atoms with van der Waals surface area (Å²) in [6.07, 6.45) is 2.47. The Bertz CT molecular complexity index is 226. The fourth-order valence-corrected chi connectivity index (χ4v) is 1.63. The fourth-order valence-electron chi connectivity index (χ4n) is 1.63. The molecule has 3 N–H and O–H groups in total. The highest BCUT2D eigenvalue weighted by molar-refractivity contribution is 14.0. The molecule has 1 rings (SSSR count). The number of unbranched alkanes of at least 4 members (excludes halogenated alkanes) is 1. The van der Waals surface area contributed by atoms with Gasteiger partial charge in [0.1, 0.15) is 0 Å². The standard InChI is InChI=1S/C11H24N4O.HI/c1-3-4-5-13-11(12)14-8-10-9-15(2)6-7-16-10;/h10H,3-9H2,1-2H3,(H3,12,13,14);1H. The van der Waals surface area contributed by atoms with Crippen LogP contribution in [0.2, 0.25) is 0 Å². The third-order valence-electron chi connectivity index (χ3n) is 2.64. The van der Waals surface area contributed by atoms with E-state index in [0.717, 1.165) is 39.1 Å². The molecule has 0 amide bonds. The first-order valence-electron chi connectivity index (χ1n) is 6.06. The molecule has 1 unspecified atom stereocenters. The number of ether oxygens (including phenoxy) is 1. The van der Waals surface area contributed by atoms with E-state index in [0.29, 0.717) is 12.5 Å². The number of nitrogens with two attached hydrogens (primary N) is 1. The smallest absolute Gasteiger partial charge is 0.188 e. The zero-order valence-corrected chi connectivity index (χ0v) is 13.1. The number of aliphatic imine (C=N–C) groups is 1. The third kappa shape index (κ3) is 7.77. The van der Waals surface area contributed by atoms with Crippen LogP contribution in [0, 0.1) is 0 Å². The van der Waals surface area contributed by atoms with Gasteiger partial charge in [-0.3, -0.25) is 4.99 Å². The van der Waals surface area contributed by atoms with Gasteiger partial charge in [0.2, 0.25) is 0 Å². The van der Waals surface area contributed by atoms with E-state index in [1.54, 1.807) is 0 Å². The minimum atomic E-state index is 0. The van der Waals surface area contributed by atoms with Crippen molar-refractivity contribution in [2.24, 2.45) is 10.7 Å². The molecule has 0 aromatic heterocycles. The van der Waals surface area contributed by atoms with Crippen molar-refractivity contribution in [3.05, 3.63) is 0 Å². The number of hydrogen-bond donors (Lipinski definition) is 2. The summed E-state index contributed by atoms with van der Waals surface area (Å²) in [6.45, 7) is 6.43. The van der Waals surface area contributed by atoms with Gasteiger partial charge in [-0.25, -0.2) is 0 Å². The predicted octanol–water partition coefficient (Wildman–Crippen LogP) is 0.639. The van der Waals surface area contributed by atoms with Crippen LogP contribution in [-0.2, 0) is 4.74 Å². The van der Waals surface area contributed by atoms with Crippen molar-refractivity contribution in [3.8, 4) is 0 Å². The second kappa shape index (κ2) is 9.90. The molecule has 1 saturated heterocycles. The minimum absolute atomic E-state index is 0. The highest BCUT2D eigenvalue weighted by atomic mass is 127. The molecule has 0 saturated carbocycles. The van der Waals surface area contributed by atoms with Crippen LogP contribution in [0.1, 0.15) is 19.8 Å². The summed E-state index contributed by atoms with van der Waals surface area (Å²) < 4.78 is 5.59. The van der Waals surface area contributed by atoms with Gasteiger partial charge in [0, 0.05) is 19.6 Å². The van der Waals surface area contributed by atoms with Crippen molar-refractivity contribution in [1.29, 1.82) is 0 Å². The van der Waals surface area contributed by atoms with Gasteiger partial charge in [-0.2, -0.15) is 0 Å². The monoisotopic (exact) mass is 356 g/mol. The van der Waals surface area contributed by atoms with Crippen molar-refractivity contribution < 1.29 is 4.74 Å². The van der Waals surface area contributed by atoms with Crippen molar-refractivity contribution in [3.63, 3.8) is 0 Å². The van der Waals surface area contributed by atoms with Gasteiger partial charge in [0.05, 0.1) is 19.3 Å². The number of guanidine groups is 1. The molecule has 1 aliphatic heterocycles. The van der Waals surface area contributed by atoms with E-state index in [-0.39, 0.29) is 30.1 Å². The highest BCUT2D eigenvalue weighted by Gasteiger charge is 2.16. The molecule has 1 fully saturated rings. The Kier molecular flexibility index (Phi) is 9.85. The lowest BCUT2D eigenvalue weighted by Crippen LogP contribution is -2.42. The number of nitrogens with one attached hydrogen (secondary N) is 1. The molecule has 5 nitrogen and oxygen atoms in total. The number of hydrogen-bond acceptors (Lipinski definition) is 3. The molecule has 0 aromatic carbocycles. The van der Waals surface area contributed by atoms with Crippen LogP contribution in [0.5, 0.6) is 0 Å². The maximum absolute atomic E-state index is 5.74. The molecule has 0 spiro atoms. The normalized spacial score (nSPS) is 22.0. The van der Waals surface area contributed by atoms with E-state index in [9.17, 15) is 0 Å². The SMILES string of the molecule is CCCCNC(N)=NCC1CN(C)CCO1.I.